The van der Waals surface area contributed by atoms with Gasteiger partial charge in [0.2, 0.25) is 0 Å². The van der Waals surface area contributed by atoms with Crippen LogP contribution in [-0.2, 0) is 4.79 Å². The van der Waals surface area contributed by atoms with Crippen molar-refractivity contribution in [3.05, 3.63) is 95.3 Å². The highest BCUT2D eigenvalue weighted by Gasteiger charge is 2.21. The van der Waals surface area contributed by atoms with E-state index < -0.39 is 35.5 Å². The van der Waals surface area contributed by atoms with E-state index in [9.17, 15) is 19.5 Å². The number of aliphatic carboxylic acids is 1. The van der Waals surface area contributed by atoms with Crippen molar-refractivity contribution in [2.24, 2.45) is 5.92 Å². The van der Waals surface area contributed by atoms with E-state index in [1.54, 1.807) is 0 Å². The second-order valence-corrected chi connectivity index (χ2v) is 7.26. The fourth-order valence-corrected chi connectivity index (χ4v) is 3.03. The van der Waals surface area contributed by atoms with Crippen molar-refractivity contribution in [1.29, 1.82) is 0 Å². The highest BCUT2D eigenvalue weighted by Crippen LogP contribution is 2.24. The minimum Gasteiger partial charge on any atom is -0.507 e. The molecule has 0 radical (unpaired) electrons. The third kappa shape index (κ3) is 5.48. The molecular formula is C24H23N3O5. The van der Waals surface area contributed by atoms with E-state index >= 15 is 0 Å². The number of carbonyl (C=O) groups excluding carboxylic acids is 2. The van der Waals surface area contributed by atoms with Crippen LogP contribution in [0.15, 0.2) is 72.9 Å². The highest BCUT2D eigenvalue weighted by molar-refractivity contribution is 5.99. The first-order valence-electron chi connectivity index (χ1n) is 9.97. The topological polar surface area (TPSA) is 129 Å². The van der Waals surface area contributed by atoms with Crippen LogP contribution in [0.1, 0.15) is 44.9 Å². The van der Waals surface area contributed by atoms with Gasteiger partial charge in [-0.1, -0.05) is 67.6 Å². The van der Waals surface area contributed by atoms with Gasteiger partial charge in [-0.15, -0.1) is 0 Å². The molecule has 4 N–H and O–H groups in total. The van der Waals surface area contributed by atoms with Crippen molar-refractivity contribution in [3.63, 3.8) is 0 Å². The van der Waals surface area contributed by atoms with E-state index in [4.69, 9.17) is 5.11 Å². The lowest BCUT2D eigenvalue weighted by molar-refractivity contribution is -0.140. The Bertz CT molecular complexity index is 1060. The molecule has 8 nitrogen and oxygen atoms in total. The second-order valence-electron chi connectivity index (χ2n) is 7.26. The van der Waals surface area contributed by atoms with Crippen LogP contribution in [0.5, 0.6) is 5.75 Å². The van der Waals surface area contributed by atoms with Crippen molar-refractivity contribution >= 4 is 17.8 Å². The van der Waals surface area contributed by atoms with Crippen molar-refractivity contribution < 1.29 is 24.6 Å². The molecule has 0 aliphatic rings. The van der Waals surface area contributed by atoms with Crippen LogP contribution in [0, 0.1) is 5.92 Å². The highest BCUT2D eigenvalue weighted by atomic mass is 16.4. The number of aromatic hydroxyl groups is 1. The fourth-order valence-electron chi connectivity index (χ4n) is 3.03. The average Bonchev–Trinajstić information content (AvgIpc) is 2.81. The summed E-state index contributed by atoms with van der Waals surface area (Å²) in [5.74, 6) is -3.43. The first-order valence-corrected chi connectivity index (χ1v) is 9.97. The van der Waals surface area contributed by atoms with E-state index in [1.807, 2.05) is 60.7 Å². The molecule has 3 rings (SSSR count). The number of pyridine rings is 1. The number of carboxylic acid groups (broad SMARTS) is 1. The molecule has 1 aromatic heterocycles. The van der Waals surface area contributed by atoms with Gasteiger partial charge in [-0.2, -0.15) is 0 Å². The van der Waals surface area contributed by atoms with E-state index in [0.717, 1.165) is 23.4 Å². The molecule has 0 spiro atoms. The van der Waals surface area contributed by atoms with Gasteiger partial charge in [0.25, 0.3) is 11.8 Å². The Balaban J connectivity index is 1.78. The minimum absolute atomic E-state index is 0.0858. The number of benzene rings is 2. The summed E-state index contributed by atoms with van der Waals surface area (Å²) < 4.78 is 0. The van der Waals surface area contributed by atoms with E-state index in [1.165, 1.54) is 6.92 Å². The number of hydrogen-bond donors (Lipinski definition) is 4. The Morgan fingerprint density at radius 2 is 1.50 bits per heavy atom. The summed E-state index contributed by atoms with van der Waals surface area (Å²) in [4.78, 5) is 39.9. The molecule has 3 aromatic rings. The quantitative estimate of drug-likeness (QED) is 0.432. The third-order valence-electron chi connectivity index (χ3n) is 4.89. The summed E-state index contributed by atoms with van der Waals surface area (Å²) in [5.41, 5.74) is 1.52. The van der Waals surface area contributed by atoms with Crippen LogP contribution in [0.3, 0.4) is 0 Å². The molecule has 2 amide bonds. The maximum atomic E-state index is 12.9. The van der Waals surface area contributed by atoms with Crippen molar-refractivity contribution in [1.82, 2.24) is 15.6 Å². The van der Waals surface area contributed by atoms with E-state index in [2.05, 4.69) is 15.6 Å². The van der Waals surface area contributed by atoms with Crippen LogP contribution in [0.4, 0.5) is 0 Å². The number of rotatable bonds is 8. The van der Waals surface area contributed by atoms with Gasteiger partial charge in [0, 0.05) is 18.8 Å². The number of carboxylic acids is 1. The molecule has 1 heterocycles. The molecule has 1 unspecified atom stereocenters. The Labute approximate surface area is 184 Å². The van der Waals surface area contributed by atoms with Gasteiger partial charge in [0.15, 0.2) is 0 Å². The number of aromatic nitrogens is 1. The predicted octanol–water partition coefficient (Wildman–Crippen LogP) is 2.76. The van der Waals surface area contributed by atoms with Gasteiger partial charge in [-0.05, 0) is 11.1 Å². The lowest BCUT2D eigenvalue weighted by atomic mass is 9.98. The van der Waals surface area contributed by atoms with Crippen LogP contribution >= 0.6 is 0 Å². The van der Waals surface area contributed by atoms with Crippen LogP contribution in [0.2, 0.25) is 0 Å². The Morgan fingerprint density at radius 1 is 0.938 bits per heavy atom. The lowest BCUT2D eigenvalue weighted by Gasteiger charge is -2.20. The largest absolute Gasteiger partial charge is 0.507 e. The summed E-state index contributed by atoms with van der Waals surface area (Å²) in [5, 5.41) is 24.6. The maximum absolute atomic E-state index is 12.9. The van der Waals surface area contributed by atoms with Gasteiger partial charge >= 0.3 is 5.97 Å². The Morgan fingerprint density at radius 3 is 2.00 bits per heavy atom. The Kier molecular flexibility index (Phi) is 7.17. The third-order valence-corrected chi connectivity index (χ3v) is 4.89. The number of hydrogen-bond acceptors (Lipinski definition) is 5. The van der Waals surface area contributed by atoms with Gasteiger partial charge in [-0.25, -0.2) is 4.98 Å². The molecular weight excluding hydrogens is 410 g/mol. The molecule has 8 heteroatoms. The van der Waals surface area contributed by atoms with Crippen molar-refractivity contribution in [2.75, 3.05) is 6.54 Å². The fraction of sp³-hybridized carbons (Fsp3) is 0.167. The van der Waals surface area contributed by atoms with E-state index in [0.29, 0.717) is 0 Å². The number of carbonyl (C=O) groups is 3. The molecule has 1 atom stereocenters. The molecule has 0 fully saturated rings. The number of amides is 2. The van der Waals surface area contributed by atoms with Gasteiger partial charge in [0.05, 0.1) is 17.5 Å². The zero-order valence-corrected chi connectivity index (χ0v) is 17.4. The molecule has 0 saturated carbocycles. The van der Waals surface area contributed by atoms with Gasteiger partial charge in [-0.3, -0.25) is 14.4 Å². The molecule has 164 valence electrons. The summed E-state index contributed by atoms with van der Waals surface area (Å²) in [6.45, 7) is 1.37. The van der Waals surface area contributed by atoms with Gasteiger partial charge < -0.3 is 20.8 Å². The Hall–Kier alpha value is -4.20. The number of nitrogens with zero attached hydrogens (tertiary/aromatic N) is 1. The lowest BCUT2D eigenvalue weighted by Crippen LogP contribution is -2.32. The smallest absolute Gasteiger partial charge is 0.308 e. The molecule has 0 aliphatic heterocycles. The summed E-state index contributed by atoms with van der Waals surface area (Å²) in [6.07, 6.45) is 1.12. The maximum Gasteiger partial charge on any atom is 0.308 e. The SMILES string of the molecule is CC(CNC(=O)c1cc(O)c(C(=O)NC(c2ccccc2)c2ccccc2)cn1)C(=O)O. The van der Waals surface area contributed by atoms with Crippen molar-refractivity contribution in [3.8, 4) is 5.75 Å². The van der Waals surface area contributed by atoms with Crippen LogP contribution < -0.4 is 10.6 Å². The molecule has 0 bridgehead atoms. The zero-order valence-electron chi connectivity index (χ0n) is 17.4. The summed E-state index contributed by atoms with van der Waals surface area (Å²) >= 11 is 0. The molecule has 2 aromatic carbocycles. The molecule has 0 aliphatic carbocycles. The summed E-state index contributed by atoms with van der Waals surface area (Å²) in [7, 11) is 0. The van der Waals surface area contributed by atoms with E-state index in [-0.39, 0.29) is 17.8 Å². The summed E-state index contributed by atoms with van der Waals surface area (Å²) in [6, 6.07) is 19.4. The first kappa shape index (κ1) is 22.5. The average molecular weight is 433 g/mol. The first-order chi connectivity index (χ1) is 15.4. The molecule has 32 heavy (non-hydrogen) atoms. The molecule has 0 saturated heterocycles. The van der Waals surface area contributed by atoms with Crippen LogP contribution in [0.25, 0.3) is 0 Å². The van der Waals surface area contributed by atoms with Crippen LogP contribution in [-0.4, -0.2) is 39.5 Å². The standard InChI is InChI=1S/C24H23N3O5/c1-15(24(31)32)13-26-23(30)19-12-20(28)18(14-25-19)22(29)27-21(16-8-4-2-5-9-16)17-10-6-3-7-11-17/h2-12,14-15,21H,13H2,1H3,(H,25,28)(H,26,30)(H,27,29)(H,31,32). The zero-order chi connectivity index (χ0) is 23.1. The second kappa shape index (κ2) is 10.2. The number of nitrogens with one attached hydrogen (secondary N) is 2. The predicted molar refractivity (Wildman–Crippen MR) is 117 cm³/mol. The monoisotopic (exact) mass is 433 g/mol. The minimum atomic E-state index is -1.04. The van der Waals surface area contributed by atoms with Gasteiger partial charge in [0.1, 0.15) is 11.4 Å². The van der Waals surface area contributed by atoms with Crippen molar-refractivity contribution in [2.45, 2.75) is 13.0 Å². The normalized spacial score (nSPS) is 11.6.